The first-order chi connectivity index (χ1) is 12.4. The molecule has 0 bridgehead atoms. The lowest BCUT2D eigenvalue weighted by atomic mass is 10.2. The van der Waals surface area contributed by atoms with Crippen molar-refractivity contribution in [3.05, 3.63) is 41.6 Å². The van der Waals surface area contributed by atoms with Gasteiger partial charge >= 0.3 is 0 Å². The molecular formula is C18H23N3O4S. The molecule has 0 spiro atoms. The van der Waals surface area contributed by atoms with E-state index in [2.05, 4.69) is 5.32 Å². The summed E-state index contributed by atoms with van der Waals surface area (Å²) in [5.41, 5.74) is 0.843. The van der Waals surface area contributed by atoms with Crippen molar-refractivity contribution in [2.45, 2.75) is 25.9 Å². The van der Waals surface area contributed by atoms with Gasteiger partial charge in [0.15, 0.2) is 9.84 Å². The second-order valence-corrected chi connectivity index (χ2v) is 8.30. The van der Waals surface area contributed by atoms with Crippen LogP contribution in [0.4, 0.5) is 0 Å². The molecule has 0 aromatic heterocycles. The van der Waals surface area contributed by atoms with Crippen LogP contribution in [-0.2, 0) is 21.2 Å². The Morgan fingerprint density at radius 3 is 2.62 bits per heavy atom. The second kappa shape index (κ2) is 8.72. The fourth-order valence-corrected chi connectivity index (χ4v) is 4.56. The van der Waals surface area contributed by atoms with Gasteiger partial charge in [-0.15, -0.1) is 0 Å². The van der Waals surface area contributed by atoms with Gasteiger partial charge in [-0.2, -0.15) is 5.26 Å². The predicted molar refractivity (Wildman–Crippen MR) is 98.0 cm³/mol. The highest BCUT2D eigenvalue weighted by atomic mass is 32.2. The first-order valence-electron chi connectivity index (χ1n) is 8.37. The Morgan fingerprint density at radius 2 is 2.12 bits per heavy atom. The Labute approximate surface area is 154 Å². The van der Waals surface area contributed by atoms with Gasteiger partial charge in [0, 0.05) is 25.3 Å². The highest BCUT2D eigenvalue weighted by Gasteiger charge is 2.31. The van der Waals surface area contributed by atoms with Crippen molar-refractivity contribution < 1.29 is 17.9 Å². The van der Waals surface area contributed by atoms with Crippen LogP contribution < -0.4 is 10.1 Å². The minimum Gasteiger partial charge on any atom is -0.497 e. The summed E-state index contributed by atoms with van der Waals surface area (Å²) in [6.07, 6.45) is 1.98. The Kier molecular flexibility index (Phi) is 6.64. The van der Waals surface area contributed by atoms with Crippen molar-refractivity contribution in [2.24, 2.45) is 0 Å². The number of hydrogen-bond acceptors (Lipinski definition) is 6. The number of sulfone groups is 1. The number of methoxy groups -OCH3 is 1. The van der Waals surface area contributed by atoms with Crippen LogP contribution in [0.1, 0.15) is 18.9 Å². The summed E-state index contributed by atoms with van der Waals surface area (Å²) in [5.74, 6) is 0.447. The largest absolute Gasteiger partial charge is 0.497 e. The number of nitriles is 1. The zero-order valence-corrected chi connectivity index (χ0v) is 15.8. The van der Waals surface area contributed by atoms with Gasteiger partial charge in [-0.1, -0.05) is 12.1 Å². The molecule has 0 saturated carbocycles. The van der Waals surface area contributed by atoms with Gasteiger partial charge < -0.3 is 15.0 Å². The number of ether oxygens (including phenoxy) is 1. The maximum absolute atomic E-state index is 12.3. The molecule has 1 aromatic rings. The lowest BCUT2D eigenvalue weighted by molar-refractivity contribution is -0.117. The summed E-state index contributed by atoms with van der Waals surface area (Å²) in [5, 5.41) is 12.0. The molecule has 7 nitrogen and oxygen atoms in total. The zero-order chi connectivity index (χ0) is 19.2. The van der Waals surface area contributed by atoms with Crippen LogP contribution in [0.25, 0.3) is 0 Å². The number of carbonyl (C=O) groups excluding carboxylic acids is 1. The number of rotatable bonds is 7. The standard InChI is InChI=1S/C18H23N3O4S/c1-3-21(16-8-9-26(23,24)13-16)12-15(10-19)18(22)20-11-14-4-6-17(25-2)7-5-14/h4-7,12,16H,3,8-9,11,13H2,1-2H3,(H,20,22)/b15-12-. The quantitative estimate of drug-likeness (QED) is 0.567. The molecule has 1 fully saturated rings. The molecule has 1 amide bonds. The Morgan fingerprint density at radius 1 is 1.42 bits per heavy atom. The van der Waals surface area contributed by atoms with E-state index < -0.39 is 15.7 Å². The predicted octanol–water partition coefficient (Wildman–Crippen LogP) is 1.23. The SMILES string of the molecule is CCN(/C=C(/C#N)C(=O)NCc1ccc(OC)cc1)C1CCS(=O)(=O)C1. The number of hydrogen-bond donors (Lipinski definition) is 1. The van der Waals surface area contributed by atoms with E-state index in [4.69, 9.17) is 4.74 Å². The van der Waals surface area contributed by atoms with Gasteiger partial charge in [-0.05, 0) is 31.0 Å². The van der Waals surface area contributed by atoms with Crippen LogP contribution in [0, 0.1) is 11.3 Å². The van der Waals surface area contributed by atoms with Gasteiger partial charge in [0.25, 0.3) is 5.91 Å². The van der Waals surface area contributed by atoms with Crippen LogP contribution in [0.5, 0.6) is 5.75 Å². The van der Waals surface area contributed by atoms with E-state index in [1.165, 1.54) is 6.20 Å². The number of benzene rings is 1. The fraction of sp³-hybridized carbons (Fsp3) is 0.444. The normalized spacial score (nSPS) is 18.8. The Bertz CT molecular complexity index is 810. The molecule has 1 atom stereocenters. The van der Waals surface area contributed by atoms with Crippen molar-refractivity contribution in [3.8, 4) is 11.8 Å². The summed E-state index contributed by atoms with van der Waals surface area (Å²) < 4.78 is 28.4. The van der Waals surface area contributed by atoms with E-state index in [0.717, 1.165) is 11.3 Å². The lowest BCUT2D eigenvalue weighted by Crippen LogP contribution is -2.33. The number of nitrogens with zero attached hydrogens (tertiary/aromatic N) is 2. The highest BCUT2D eigenvalue weighted by Crippen LogP contribution is 2.18. The first-order valence-corrected chi connectivity index (χ1v) is 10.2. The molecule has 1 unspecified atom stereocenters. The number of carbonyl (C=O) groups is 1. The monoisotopic (exact) mass is 377 g/mol. The average molecular weight is 377 g/mol. The Balaban J connectivity index is 2.01. The average Bonchev–Trinajstić information content (AvgIpc) is 3.00. The smallest absolute Gasteiger partial charge is 0.263 e. The molecule has 1 saturated heterocycles. The molecule has 26 heavy (non-hydrogen) atoms. The maximum atomic E-state index is 12.3. The van der Waals surface area contributed by atoms with Crippen molar-refractivity contribution in [2.75, 3.05) is 25.2 Å². The van der Waals surface area contributed by atoms with Gasteiger partial charge in [0.05, 0.1) is 18.6 Å². The topological polar surface area (TPSA) is 99.5 Å². The third kappa shape index (κ3) is 5.23. The number of nitrogens with one attached hydrogen (secondary N) is 1. The van der Waals surface area contributed by atoms with Crippen molar-refractivity contribution in [3.63, 3.8) is 0 Å². The van der Waals surface area contributed by atoms with Crippen LogP contribution in [0.15, 0.2) is 36.0 Å². The number of amides is 1. The van der Waals surface area contributed by atoms with E-state index >= 15 is 0 Å². The Hall–Kier alpha value is -2.53. The molecule has 140 valence electrons. The molecule has 1 heterocycles. The van der Waals surface area contributed by atoms with Crippen molar-refractivity contribution in [1.29, 1.82) is 5.26 Å². The molecular weight excluding hydrogens is 354 g/mol. The first kappa shape index (κ1) is 19.8. The van der Waals surface area contributed by atoms with Gasteiger partial charge in [-0.25, -0.2) is 8.42 Å². The molecule has 1 N–H and O–H groups in total. The van der Waals surface area contributed by atoms with Crippen LogP contribution in [-0.4, -0.2) is 50.4 Å². The molecule has 0 radical (unpaired) electrons. The van der Waals surface area contributed by atoms with Crippen LogP contribution in [0.3, 0.4) is 0 Å². The second-order valence-electron chi connectivity index (χ2n) is 6.07. The molecule has 2 rings (SSSR count). The molecule has 8 heteroatoms. The van der Waals surface area contributed by atoms with E-state index in [0.29, 0.717) is 13.0 Å². The van der Waals surface area contributed by atoms with Gasteiger partial charge in [0.2, 0.25) is 0 Å². The molecule has 0 aliphatic carbocycles. The van der Waals surface area contributed by atoms with Crippen LogP contribution >= 0.6 is 0 Å². The van der Waals surface area contributed by atoms with Gasteiger partial charge in [0.1, 0.15) is 17.4 Å². The lowest BCUT2D eigenvalue weighted by Gasteiger charge is -2.25. The summed E-state index contributed by atoms with van der Waals surface area (Å²) in [7, 11) is -1.45. The minimum atomic E-state index is -3.03. The molecule has 1 aliphatic heterocycles. The zero-order valence-electron chi connectivity index (χ0n) is 14.9. The van der Waals surface area contributed by atoms with Crippen molar-refractivity contribution in [1.82, 2.24) is 10.2 Å². The summed E-state index contributed by atoms with van der Waals surface area (Å²) in [4.78, 5) is 14.1. The van der Waals surface area contributed by atoms with E-state index in [-0.39, 0.29) is 29.7 Å². The van der Waals surface area contributed by atoms with E-state index in [1.54, 1.807) is 24.1 Å². The van der Waals surface area contributed by atoms with E-state index in [1.807, 2.05) is 25.1 Å². The third-order valence-corrected chi connectivity index (χ3v) is 6.07. The molecule has 1 aromatic carbocycles. The summed E-state index contributed by atoms with van der Waals surface area (Å²) in [6.45, 7) is 2.68. The molecule has 1 aliphatic rings. The van der Waals surface area contributed by atoms with Gasteiger partial charge in [-0.3, -0.25) is 4.79 Å². The minimum absolute atomic E-state index is 0.0374. The third-order valence-electron chi connectivity index (χ3n) is 4.31. The summed E-state index contributed by atoms with van der Waals surface area (Å²) >= 11 is 0. The van der Waals surface area contributed by atoms with Crippen LogP contribution in [0.2, 0.25) is 0 Å². The fourth-order valence-electron chi connectivity index (χ4n) is 2.82. The van der Waals surface area contributed by atoms with E-state index in [9.17, 15) is 18.5 Å². The maximum Gasteiger partial charge on any atom is 0.263 e. The summed E-state index contributed by atoms with van der Waals surface area (Å²) in [6, 6.07) is 8.96. The highest BCUT2D eigenvalue weighted by molar-refractivity contribution is 7.91. The van der Waals surface area contributed by atoms with Crippen molar-refractivity contribution >= 4 is 15.7 Å².